The molecule has 2 fully saturated rings. The van der Waals surface area contributed by atoms with Gasteiger partial charge in [-0.3, -0.25) is 4.79 Å². The smallest absolute Gasteiger partial charge is 0.382 e. The molecule has 1 aliphatic carbocycles. The van der Waals surface area contributed by atoms with Crippen molar-refractivity contribution in [2.75, 3.05) is 13.7 Å². The van der Waals surface area contributed by atoms with Gasteiger partial charge < -0.3 is 20.3 Å². The zero-order valence-electron chi connectivity index (χ0n) is 27.2. The normalized spacial score (nSPS) is 20.5. The van der Waals surface area contributed by atoms with Gasteiger partial charge in [-0.2, -0.15) is 18.3 Å². The Balaban J connectivity index is 1.49. The van der Waals surface area contributed by atoms with Crippen molar-refractivity contribution in [1.29, 1.82) is 0 Å². The summed E-state index contributed by atoms with van der Waals surface area (Å²) in [5.41, 5.74) is -0.976. The minimum atomic E-state index is -4.50. The molecule has 3 amide bonds. The molecular formula is C26H35B4F5N8O4. The number of alkyl halides is 5. The number of nitrogens with one attached hydrogen (secondary N) is 2. The van der Waals surface area contributed by atoms with Crippen LogP contribution in [0.3, 0.4) is 0 Å². The first-order valence-electron chi connectivity index (χ1n) is 15.3. The molecule has 2 atom stereocenters. The fourth-order valence-electron chi connectivity index (χ4n) is 5.99. The number of rotatable bonds is 11. The number of methoxy groups -OCH3 is 1. The van der Waals surface area contributed by atoms with E-state index >= 15 is 8.78 Å². The maximum Gasteiger partial charge on any atom is 0.393 e. The molecule has 0 spiro atoms. The van der Waals surface area contributed by atoms with Crippen molar-refractivity contribution in [3.8, 4) is 0 Å². The van der Waals surface area contributed by atoms with Gasteiger partial charge in [0, 0.05) is 29.3 Å². The number of imidazole rings is 1. The van der Waals surface area contributed by atoms with E-state index in [9.17, 15) is 22.8 Å². The van der Waals surface area contributed by atoms with E-state index < -0.39 is 52.2 Å². The molecule has 0 radical (unpaired) electrons. The van der Waals surface area contributed by atoms with Crippen LogP contribution >= 0.6 is 0 Å². The number of hydrogen-bond acceptors (Lipinski definition) is 8. The summed E-state index contributed by atoms with van der Waals surface area (Å²) in [4.78, 5) is 32.2. The Morgan fingerprint density at radius 2 is 1.89 bits per heavy atom. The van der Waals surface area contributed by atoms with Crippen LogP contribution in [0.4, 0.5) is 26.7 Å². The van der Waals surface area contributed by atoms with Crippen molar-refractivity contribution in [3.63, 3.8) is 0 Å². The topological polar surface area (TPSA) is 140 Å². The average Bonchev–Trinajstić information content (AvgIpc) is 3.52. The van der Waals surface area contributed by atoms with Crippen LogP contribution in [0.15, 0.2) is 23.1 Å². The number of fused-ring (bicyclic) bond motifs is 1. The highest BCUT2D eigenvalue weighted by molar-refractivity contribution is 6.48. The van der Waals surface area contributed by atoms with E-state index in [1.54, 1.807) is 0 Å². The van der Waals surface area contributed by atoms with Crippen LogP contribution in [0.25, 0.3) is 5.65 Å². The zero-order valence-corrected chi connectivity index (χ0v) is 27.2. The molecular weight excluding hydrogens is 627 g/mol. The van der Waals surface area contributed by atoms with E-state index in [4.69, 9.17) is 9.37 Å². The lowest BCUT2D eigenvalue weighted by molar-refractivity contribution is -0.214. The lowest BCUT2D eigenvalue weighted by Gasteiger charge is -2.57. The van der Waals surface area contributed by atoms with Crippen LogP contribution in [0.1, 0.15) is 85.0 Å². The molecule has 1 aliphatic heterocycles. The summed E-state index contributed by atoms with van der Waals surface area (Å²) in [5, 5.41) is 13.3. The Morgan fingerprint density at radius 3 is 2.51 bits per heavy atom. The first kappa shape index (κ1) is 34.7. The molecule has 2 aliphatic rings. The van der Waals surface area contributed by atoms with Crippen molar-refractivity contribution < 1.29 is 40.9 Å². The lowest BCUT2D eigenvalue weighted by atomic mass is 9.43. The second kappa shape index (κ2) is 11.8. The highest BCUT2D eigenvalue weighted by atomic mass is 19.4. The van der Waals surface area contributed by atoms with Crippen LogP contribution in [0.2, 0.25) is 0 Å². The second-order valence-electron chi connectivity index (χ2n) is 14.0. The molecule has 0 unspecified atom stereocenters. The van der Waals surface area contributed by atoms with Gasteiger partial charge >= 0.3 is 12.2 Å². The number of urea groups is 1. The second-order valence-corrected chi connectivity index (χ2v) is 14.0. The monoisotopic (exact) mass is 662 g/mol. The van der Waals surface area contributed by atoms with Crippen LogP contribution < -0.4 is 10.6 Å². The lowest BCUT2D eigenvalue weighted by Crippen LogP contribution is -2.83. The molecule has 250 valence electrons. The Hall–Kier alpha value is -3.63. The summed E-state index contributed by atoms with van der Waals surface area (Å²) < 4.78 is 84.2. The number of halogens is 5. The minimum Gasteiger partial charge on any atom is -0.382 e. The SMILES string of the molecule is BC1(B)NC(=O)N([C@H](COC)c2cnn3cc([C@H](CCC(C)(C)C(F)(F)F)NC(=O)c4nonc4C4CC4)nc3c2)C(B)(B)C1(F)F. The molecule has 1 saturated carbocycles. The van der Waals surface area contributed by atoms with Crippen molar-refractivity contribution in [1.82, 2.24) is 40.4 Å². The standard InChI is InChI=1S/C26H35B4F5N8O4/c1-22(2,26(33,34)35)7-6-14(38-20(44)19-18(12-4-5-12)40-47-41-19)15-10-42-17(37-15)8-13(9-36-42)16(11-46-3)43-21(45)39-24(27,28)23(31,32)25(43,29)30/h8-10,12,14,16H,4-7,11,27-30H2,1-3H3,(H,38,44)(H,39,45)/t14-,16+/m0/s1. The van der Waals surface area contributed by atoms with Gasteiger partial charge in [0.2, 0.25) is 0 Å². The summed E-state index contributed by atoms with van der Waals surface area (Å²) in [5.74, 6) is -4.01. The van der Waals surface area contributed by atoms with Gasteiger partial charge in [-0.05, 0) is 36.9 Å². The number of ether oxygens (including phenoxy) is 1. The highest BCUT2D eigenvalue weighted by Gasteiger charge is 2.65. The van der Waals surface area contributed by atoms with Gasteiger partial charge in [-0.25, -0.2) is 27.7 Å². The Kier molecular flexibility index (Phi) is 8.72. The molecule has 2 N–H and O–H groups in total. The van der Waals surface area contributed by atoms with Crippen molar-refractivity contribution in [3.05, 3.63) is 41.1 Å². The number of hydrogen-bond donors (Lipinski definition) is 2. The summed E-state index contributed by atoms with van der Waals surface area (Å²) >= 11 is 0. The number of amides is 3. The van der Waals surface area contributed by atoms with Crippen molar-refractivity contribution in [2.45, 2.75) is 80.3 Å². The van der Waals surface area contributed by atoms with E-state index in [0.29, 0.717) is 11.3 Å². The predicted molar refractivity (Wildman–Crippen MR) is 168 cm³/mol. The molecule has 21 heteroatoms. The van der Waals surface area contributed by atoms with Gasteiger partial charge in [-0.1, -0.05) is 19.0 Å². The maximum absolute atomic E-state index is 15.7. The van der Waals surface area contributed by atoms with E-state index in [-0.39, 0.29) is 42.4 Å². The van der Waals surface area contributed by atoms with E-state index in [0.717, 1.165) is 31.6 Å². The van der Waals surface area contributed by atoms with Crippen molar-refractivity contribution in [2.24, 2.45) is 5.41 Å². The average molecular weight is 662 g/mol. The molecule has 12 nitrogen and oxygen atoms in total. The van der Waals surface area contributed by atoms with Gasteiger partial charge in [0.25, 0.3) is 11.8 Å². The van der Waals surface area contributed by atoms with E-state index in [1.165, 1.54) is 61.5 Å². The van der Waals surface area contributed by atoms with Gasteiger partial charge in [-0.15, -0.1) is 0 Å². The number of nitrogens with zero attached hydrogens (tertiary/aromatic N) is 6. The fraction of sp³-hybridized carbons (Fsp3) is 0.615. The largest absolute Gasteiger partial charge is 0.393 e. The molecule has 1 saturated heterocycles. The van der Waals surface area contributed by atoms with E-state index in [2.05, 4.69) is 31.0 Å². The van der Waals surface area contributed by atoms with Gasteiger partial charge in [0.05, 0.1) is 42.2 Å². The van der Waals surface area contributed by atoms with Crippen LogP contribution in [0, 0.1) is 5.41 Å². The van der Waals surface area contributed by atoms with Gasteiger partial charge in [0.15, 0.2) is 11.3 Å². The third kappa shape index (κ3) is 6.22. The third-order valence-corrected chi connectivity index (χ3v) is 9.36. The maximum atomic E-state index is 15.7. The number of aromatic nitrogens is 5. The molecule has 4 heterocycles. The Morgan fingerprint density at radius 1 is 1.21 bits per heavy atom. The van der Waals surface area contributed by atoms with E-state index in [1.807, 2.05) is 0 Å². The van der Waals surface area contributed by atoms with Crippen LogP contribution in [-0.4, -0.2) is 110 Å². The Bertz CT molecular complexity index is 1660. The molecule has 5 rings (SSSR count). The van der Waals surface area contributed by atoms with Crippen molar-refractivity contribution >= 4 is 49.0 Å². The number of carbonyl (C=O) groups is 2. The molecule has 0 aromatic carbocycles. The minimum absolute atomic E-state index is 0.0282. The Labute approximate surface area is 270 Å². The molecule has 0 bridgehead atoms. The first-order chi connectivity index (χ1) is 21.7. The summed E-state index contributed by atoms with van der Waals surface area (Å²) in [7, 11) is 6.45. The molecule has 3 aromatic rings. The quantitative estimate of drug-likeness (QED) is 0.217. The number of carbonyl (C=O) groups excluding carboxylic acids is 2. The zero-order chi connectivity index (χ0) is 34.7. The highest BCUT2D eigenvalue weighted by Crippen LogP contribution is 2.45. The summed E-state index contributed by atoms with van der Waals surface area (Å²) in [6.07, 6.45) is -0.511. The fourth-order valence-corrected chi connectivity index (χ4v) is 5.99. The first-order valence-corrected chi connectivity index (χ1v) is 15.3. The predicted octanol–water partition coefficient (Wildman–Crippen LogP) is 0.0175. The molecule has 3 aromatic heterocycles. The summed E-state index contributed by atoms with van der Waals surface area (Å²) in [6, 6.07) is -1.20. The third-order valence-electron chi connectivity index (χ3n) is 9.36. The molecule has 47 heavy (non-hydrogen) atoms. The van der Waals surface area contributed by atoms with Crippen LogP contribution in [-0.2, 0) is 4.74 Å². The summed E-state index contributed by atoms with van der Waals surface area (Å²) in [6.45, 7) is 2.00. The van der Waals surface area contributed by atoms with Gasteiger partial charge in [0.1, 0.15) is 37.1 Å². The van der Waals surface area contributed by atoms with Crippen LogP contribution in [0.5, 0.6) is 0 Å².